The minimum absolute atomic E-state index is 0.200. The molecular weight excluding hydrogens is 265 g/mol. The molecule has 1 unspecified atom stereocenters. The number of rotatable bonds is 3. The van der Waals surface area contributed by atoms with Crippen molar-refractivity contribution in [3.63, 3.8) is 0 Å². The zero-order valence-corrected chi connectivity index (χ0v) is 11.7. The molecule has 7 heteroatoms. The molecule has 0 amide bonds. The van der Waals surface area contributed by atoms with Crippen molar-refractivity contribution in [3.8, 4) is 0 Å². The molecule has 2 rings (SSSR count). The topological polar surface area (TPSA) is 77.8 Å². The molecule has 19 heavy (non-hydrogen) atoms. The Balaban J connectivity index is 2.23. The van der Waals surface area contributed by atoms with E-state index in [1.807, 2.05) is 6.92 Å². The van der Waals surface area contributed by atoms with Crippen LogP contribution in [0, 0.1) is 5.92 Å². The largest absolute Gasteiger partial charge is 0.488 e. The first-order valence-corrected chi connectivity index (χ1v) is 7.81. The second kappa shape index (κ2) is 5.62. The molecular formula is C12H18BNO4S. The maximum absolute atomic E-state index is 12.4. The van der Waals surface area contributed by atoms with Gasteiger partial charge in [-0.2, -0.15) is 4.31 Å². The summed E-state index contributed by atoms with van der Waals surface area (Å²) in [5.41, 5.74) is 0.283. The molecule has 1 saturated heterocycles. The molecule has 1 atom stereocenters. The molecule has 104 valence electrons. The molecule has 0 bridgehead atoms. The van der Waals surface area contributed by atoms with E-state index in [0.29, 0.717) is 19.0 Å². The van der Waals surface area contributed by atoms with E-state index in [9.17, 15) is 8.42 Å². The number of benzene rings is 1. The van der Waals surface area contributed by atoms with Gasteiger partial charge in [0.25, 0.3) is 0 Å². The number of nitrogens with zero attached hydrogens (tertiary/aromatic N) is 1. The summed E-state index contributed by atoms with van der Waals surface area (Å²) in [6.07, 6.45) is 1.94. The van der Waals surface area contributed by atoms with Gasteiger partial charge in [-0.05, 0) is 36.4 Å². The van der Waals surface area contributed by atoms with Gasteiger partial charge in [0.15, 0.2) is 0 Å². The highest BCUT2D eigenvalue weighted by Gasteiger charge is 2.28. The molecule has 1 aliphatic rings. The Morgan fingerprint density at radius 2 is 1.89 bits per heavy atom. The predicted molar refractivity (Wildman–Crippen MR) is 73.4 cm³/mol. The van der Waals surface area contributed by atoms with Crippen LogP contribution in [0.5, 0.6) is 0 Å². The third-order valence-corrected chi connectivity index (χ3v) is 5.32. The molecule has 1 aromatic rings. The van der Waals surface area contributed by atoms with Crippen molar-refractivity contribution in [2.75, 3.05) is 13.1 Å². The molecule has 0 spiro atoms. The Hall–Kier alpha value is -0.885. The molecule has 1 aromatic carbocycles. The number of hydrogen-bond donors (Lipinski definition) is 2. The quantitative estimate of drug-likeness (QED) is 0.752. The van der Waals surface area contributed by atoms with Crippen LogP contribution in [0.2, 0.25) is 0 Å². The summed E-state index contributed by atoms with van der Waals surface area (Å²) >= 11 is 0. The SMILES string of the molecule is CC1CCCN(S(=O)(=O)c2ccc(B(O)O)cc2)C1. The summed E-state index contributed by atoms with van der Waals surface area (Å²) in [4.78, 5) is 0.200. The van der Waals surface area contributed by atoms with Crippen LogP contribution in [0.3, 0.4) is 0 Å². The fraction of sp³-hybridized carbons (Fsp3) is 0.500. The van der Waals surface area contributed by atoms with E-state index in [0.717, 1.165) is 12.8 Å². The predicted octanol–water partition coefficient (Wildman–Crippen LogP) is -0.213. The molecule has 0 aromatic heterocycles. The van der Waals surface area contributed by atoms with E-state index in [1.165, 1.54) is 28.6 Å². The Labute approximate surface area is 114 Å². The standard InChI is InChI=1S/C12H18BNO4S/c1-10-3-2-8-14(9-10)19(17,18)12-6-4-11(5-7-12)13(15)16/h4-7,10,15-16H,2-3,8-9H2,1H3. The Bertz CT molecular complexity index is 529. The van der Waals surface area contributed by atoms with Gasteiger partial charge in [0.1, 0.15) is 0 Å². The van der Waals surface area contributed by atoms with Gasteiger partial charge in [0, 0.05) is 13.1 Å². The van der Waals surface area contributed by atoms with Gasteiger partial charge in [0.05, 0.1) is 4.90 Å². The van der Waals surface area contributed by atoms with E-state index < -0.39 is 17.1 Å². The average Bonchev–Trinajstić information content (AvgIpc) is 2.39. The highest BCUT2D eigenvalue weighted by Crippen LogP contribution is 2.22. The molecule has 0 saturated carbocycles. The molecule has 0 radical (unpaired) electrons. The van der Waals surface area contributed by atoms with Crippen molar-refractivity contribution in [1.29, 1.82) is 0 Å². The first-order valence-electron chi connectivity index (χ1n) is 6.37. The lowest BCUT2D eigenvalue weighted by Crippen LogP contribution is -2.39. The lowest BCUT2D eigenvalue weighted by atomic mass is 9.81. The Morgan fingerprint density at radius 3 is 2.42 bits per heavy atom. The molecule has 0 aliphatic carbocycles. The Morgan fingerprint density at radius 1 is 1.26 bits per heavy atom. The lowest BCUT2D eigenvalue weighted by molar-refractivity contribution is 0.281. The van der Waals surface area contributed by atoms with E-state index in [1.54, 1.807) is 0 Å². The van der Waals surface area contributed by atoms with Crippen molar-refractivity contribution in [3.05, 3.63) is 24.3 Å². The lowest BCUT2D eigenvalue weighted by Gasteiger charge is -2.30. The third-order valence-electron chi connectivity index (χ3n) is 3.44. The molecule has 5 nitrogen and oxygen atoms in total. The first-order chi connectivity index (χ1) is 8.91. The minimum atomic E-state index is -3.47. The zero-order chi connectivity index (χ0) is 14.0. The summed E-state index contributed by atoms with van der Waals surface area (Å²) in [5.74, 6) is 0.377. The van der Waals surface area contributed by atoms with Crippen molar-refractivity contribution in [2.45, 2.75) is 24.7 Å². The summed E-state index contributed by atoms with van der Waals surface area (Å²) < 4.78 is 26.3. The van der Waals surface area contributed by atoms with Gasteiger partial charge in [0.2, 0.25) is 10.0 Å². The van der Waals surface area contributed by atoms with Crippen LogP contribution >= 0.6 is 0 Å². The monoisotopic (exact) mass is 283 g/mol. The van der Waals surface area contributed by atoms with Crippen molar-refractivity contribution in [2.24, 2.45) is 5.92 Å². The second-order valence-corrected chi connectivity index (χ2v) is 6.99. The van der Waals surface area contributed by atoms with Crippen LogP contribution in [0.4, 0.5) is 0 Å². The van der Waals surface area contributed by atoms with E-state index in [2.05, 4.69) is 0 Å². The minimum Gasteiger partial charge on any atom is -0.423 e. The fourth-order valence-corrected chi connectivity index (χ4v) is 3.92. The van der Waals surface area contributed by atoms with Gasteiger partial charge < -0.3 is 10.0 Å². The van der Waals surface area contributed by atoms with Crippen LogP contribution in [0.1, 0.15) is 19.8 Å². The van der Waals surface area contributed by atoms with Crippen LogP contribution in [0.15, 0.2) is 29.2 Å². The van der Waals surface area contributed by atoms with E-state index >= 15 is 0 Å². The molecule has 1 fully saturated rings. The molecule has 1 aliphatic heterocycles. The van der Waals surface area contributed by atoms with E-state index in [-0.39, 0.29) is 10.4 Å². The van der Waals surface area contributed by atoms with Gasteiger partial charge >= 0.3 is 7.12 Å². The summed E-state index contributed by atoms with van der Waals surface area (Å²) in [7, 11) is -5.04. The van der Waals surface area contributed by atoms with Crippen LogP contribution in [-0.4, -0.2) is 43.0 Å². The maximum atomic E-state index is 12.4. The normalized spacial score (nSPS) is 21.3. The summed E-state index contributed by atoms with van der Waals surface area (Å²) in [6, 6.07) is 5.68. The van der Waals surface area contributed by atoms with Crippen molar-refractivity contribution in [1.82, 2.24) is 4.31 Å². The highest BCUT2D eigenvalue weighted by atomic mass is 32.2. The highest BCUT2D eigenvalue weighted by molar-refractivity contribution is 7.89. The fourth-order valence-electron chi connectivity index (χ4n) is 2.33. The third kappa shape index (κ3) is 3.17. The number of piperidine rings is 1. The first kappa shape index (κ1) is 14.5. The van der Waals surface area contributed by atoms with Crippen LogP contribution in [-0.2, 0) is 10.0 Å². The smallest absolute Gasteiger partial charge is 0.423 e. The van der Waals surface area contributed by atoms with Crippen molar-refractivity contribution >= 4 is 22.6 Å². The molecule has 2 N–H and O–H groups in total. The van der Waals surface area contributed by atoms with Crippen LogP contribution in [0.25, 0.3) is 0 Å². The van der Waals surface area contributed by atoms with Gasteiger partial charge in [-0.1, -0.05) is 19.1 Å². The summed E-state index contributed by atoms with van der Waals surface area (Å²) in [6.45, 7) is 3.15. The van der Waals surface area contributed by atoms with Crippen molar-refractivity contribution < 1.29 is 18.5 Å². The zero-order valence-electron chi connectivity index (χ0n) is 10.9. The van der Waals surface area contributed by atoms with Crippen LogP contribution < -0.4 is 5.46 Å². The van der Waals surface area contributed by atoms with Gasteiger partial charge in [-0.25, -0.2) is 8.42 Å². The van der Waals surface area contributed by atoms with Gasteiger partial charge in [-0.3, -0.25) is 0 Å². The summed E-state index contributed by atoms with van der Waals surface area (Å²) in [5, 5.41) is 18.0. The maximum Gasteiger partial charge on any atom is 0.488 e. The average molecular weight is 283 g/mol. The van der Waals surface area contributed by atoms with Gasteiger partial charge in [-0.15, -0.1) is 0 Å². The Kier molecular flexibility index (Phi) is 4.30. The second-order valence-electron chi connectivity index (χ2n) is 5.05. The molecule has 1 heterocycles. The number of hydrogen-bond acceptors (Lipinski definition) is 4. The number of sulfonamides is 1. The van der Waals surface area contributed by atoms with E-state index in [4.69, 9.17) is 10.0 Å².